The molecule has 0 bridgehead atoms. The van der Waals surface area contributed by atoms with Gasteiger partial charge in [0, 0.05) is 38.6 Å². The number of allylic oxidation sites excluding steroid dienone is 1. The Balaban J connectivity index is 1.26. The van der Waals surface area contributed by atoms with E-state index in [2.05, 4.69) is 170 Å². The van der Waals surface area contributed by atoms with Gasteiger partial charge in [0.15, 0.2) is 28.9 Å². The number of nitrogens with zero attached hydrogens (tertiary/aromatic N) is 3. The van der Waals surface area contributed by atoms with E-state index in [1.807, 2.05) is 0 Å². The summed E-state index contributed by atoms with van der Waals surface area (Å²) in [4.78, 5) is 0. The van der Waals surface area contributed by atoms with Crippen LogP contribution < -0.4 is 14.3 Å². The summed E-state index contributed by atoms with van der Waals surface area (Å²) in [5.41, 5.74) is 19.6. The molecule has 11 rings (SSSR count). The van der Waals surface area contributed by atoms with Crippen LogP contribution in [0.15, 0.2) is 120 Å². The van der Waals surface area contributed by atoms with Gasteiger partial charge in [0.2, 0.25) is 5.69 Å². The van der Waals surface area contributed by atoms with Crippen molar-refractivity contribution in [1.82, 2.24) is 4.57 Å². The second kappa shape index (κ2) is 14.3. The molecule has 3 aliphatic rings. The monoisotopic (exact) mass is 817 g/mol. The molecule has 0 saturated heterocycles. The minimum Gasteiger partial charge on any atom is -0.455 e. The quantitative estimate of drug-likeness (QED) is 0.128. The Morgan fingerprint density at radius 2 is 1.44 bits per heavy atom. The van der Waals surface area contributed by atoms with Crippen LogP contribution in [-0.2, 0) is 19.3 Å². The normalized spacial score (nSPS) is 17.6. The molecule has 5 aromatic carbocycles. The van der Waals surface area contributed by atoms with Crippen molar-refractivity contribution >= 4 is 51.9 Å². The Kier molecular flexibility index (Phi) is 8.99. The number of rotatable bonds is 4. The van der Waals surface area contributed by atoms with E-state index < -0.39 is 8.07 Å². The summed E-state index contributed by atoms with van der Waals surface area (Å²) in [6, 6.07) is 39.0. The average molecular weight is 818 g/mol. The van der Waals surface area contributed by atoms with Gasteiger partial charge < -0.3 is 4.42 Å². The summed E-state index contributed by atoms with van der Waals surface area (Å²) in [7, 11) is -1.69. The summed E-state index contributed by atoms with van der Waals surface area (Å²) in [6.07, 6.45) is 10.4. The molecule has 5 heteroatoms. The van der Waals surface area contributed by atoms with Gasteiger partial charge in [-0.15, -0.1) is 0 Å². The SMILES string of the molecule is C=C1CC2C(CCc3ccc4c(oc5ccccc54)c3-c3n(-c4c(C(C)C)cccc4C(C)C)c4ccccc4[n+]31)c1ccccc1-c1c3c(c([Si](C)(C)C)c[n+]12)CCCC3. The van der Waals surface area contributed by atoms with Crippen molar-refractivity contribution in [2.75, 3.05) is 0 Å². The standard InChI is InChI=1S/C56H59N3OSi/c1-34(2)38-23-17-24-39(35(3)4)54(38)59-48-26-15-14-25-47(48)58-36(5)32-49-41(30-28-37-29-31-46-42-19-13-16-27-50(42)60-55(46)52(37)56(58)59)40-18-9-11-21-44(40)53-45-22-12-10-20-43(45)51(33-57(49)53)61(6,7)8/h9,11,13-19,21,23-27,29,31,33-35,41,49H,5,10,12,20,22,28,30,32H2,1-4,6-8H3/q+2. The van der Waals surface area contributed by atoms with E-state index >= 15 is 0 Å². The van der Waals surface area contributed by atoms with Crippen molar-refractivity contribution in [1.29, 1.82) is 0 Å². The second-order valence-electron chi connectivity index (χ2n) is 19.9. The third-order valence-electron chi connectivity index (χ3n) is 14.5. The van der Waals surface area contributed by atoms with Gasteiger partial charge in [-0.25, -0.2) is 0 Å². The van der Waals surface area contributed by atoms with Crippen LogP contribution in [0.4, 0.5) is 0 Å². The molecule has 4 nitrogen and oxygen atoms in total. The highest BCUT2D eigenvalue weighted by Gasteiger charge is 2.47. The van der Waals surface area contributed by atoms with Crippen LogP contribution in [0.3, 0.4) is 0 Å². The van der Waals surface area contributed by atoms with E-state index in [1.165, 1.54) is 75.1 Å². The Hall–Kier alpha value is -5.52. The molecule has 0 spiro atoms. The second-order valence-corrected chi connectivity index (χ2v) is 25.0. The summed E-state index contributed by atoms with van der Waals surface area (Å²) in [5, 5.41) is 3.98. The van der Waals surface area contributed by atoms with Crippen LogP contribution in [0.25, 0.3) is 67.0 Å². The van der Waals surface area contributed by atoms with Crippen LogP contribution in [0.2, 0.25) is 19.6 Å². The molecular weight excluding hydrogens is 759 g/mol. The Morgan fingerprint density at radius 1 is 0.738 bits per heavy atom. The zero-order valence-corrected chi connectivity index (χ0v) is 38.1. The number of furan rings is 1. The number of imidazole rings is 1. The highest BCUT2D eigenvalue weighted by atomic mass is 28.3. The van der Waals surface area contributed by atoms with E-state index in [9.17, 15) is 0 Å². The van der Waals surface area contributed by atoms with Gasteiger partial charge in [0.25, 0.3) is 0 Å². The highest BCUT2D eigenvalue weighted by Crippen LogP contribution is 2.49. The van der Waals surface area contributed by atoms with Crippen molar-refractivity contribution in [2.45, 2.75) is 116 Å². The highest BCUT2D eigenvalue weighted by molar-refractivity contribution is 6.89. The first-order valence-electron chi connectivity index (χ1n) is 23.0. The molecule has 0 saturated carbocycles. The number of fused-ring (bicyclic) bond motifs is 17. The molecule has 61 heavy (non-hydrogen) atoms. The average Bonchev–Trinajstić information content (AvgIpc) is 3.80. The number of aromatic nitrogens is 3. The minimum atomic E-state index is -1.69. The molecule has 0 amide bonds. The molecule has 2 aliphatic heterocycles. The van der Waals surface area contributed by atoms with E-state index in [1.54, 1.807) is 16.3 Å². The van der Waals surface area contributed by atoms with Crippen molar-refractivity contribution in [3.05, 3.63) is 149 Å². The minimum absolute atomic E-state index is 0.216. The first-order chi connectivity index (χ1) is 29.5. The predicted octanol–water partition coefficient (Wildman–Crippen LogP) is 13.3. The van der Waals surface area contributed by atoms with Gasteiger partial charge in [-0.1, -0.05) is 133 Å². The van der Waals surface area contributed by atoms with Gasteiger partial charge in [-0.3, -0.25) is 0 Å². The lowest BCUT2D eigenvalue weighted by molar-refractivity contribution is -0.719. The van der Waals surface area contributed by atoms with E-state index in [4.69, 9.17) is 11.0 Å². The third-order valence-corrected chi connectivity index (χ3v) is 16.6. The van der Waals surface area contributed by atoms with E-state index in [0.29, 0.717) is 17.8 Å². The lowest BCUT2D eigenvalue weighted by atomic mass is 9.75. The summed E-state index contributed by atoms with van der Waals surface area (Å²) in [5.74, 6) is 2.10. The molecule has 0 fully saturated rings. The van der Waals surface area contributed by atoms with Crippen LogP contribution in [-0.4, -0.2) is 12.6 Å². The molecule has 3 aromatic heterocycles. The maximum atomic E-state index is 7.10. The lowest BCUT2D eigenvalue weighted by Crippen LogP contribution is -2.55. The first-order valence-corrected chi connectivity index (χ1v) is 26.5. The molecule has 1 aliphatic carbocycles. The number of pyridine rings is 1. The Labute approximate surface area is 362 Å². The number of aryl methyl sites for hydroxylation is 1. The van der Waals surface area contributed by atoms with E-state index in [0.717, 1.165) is 59.1 Å². The van der Waals surface area contributed by atoms with Crippen molar-refractivity contribution in [3.63, 3.8) is 0 Å². The first kappa shape index (κ1) is 38.4. The molecule has 2 atom stereocenters. The summed E-state index contributed by atoms with van der Waals surface area (Å²) < 4.78 is 15.1. The molecule has 8 aromatic rings. The maximum Gasteiger partial charge on any atom is 0.304 e. The molecule has 0 radical (unpaired) electrons. The zero-order chi connectivity index (χ0) is 41.9. The fraction of sp³-hybridized carbons (Fsp3) is 0.321. The molecular formula is C56H59N3OSi+2. The smallest absolute Gasteiger partial charge is 0.304 e. The van der Waals surface area contributed by atoms with Gasteiger partial charge in [0.05, 0.1) is 20.1 Å². The zero-order valence-electron chi connectivity index (χ0n) is 37.1. The topological polar surface area (TPSA) is 25.8 Å². The number of hydrogen-bond acceptors (Lipinski definition) is 1. The predicted molar refractivity (Wildman–Crippen MR) is 256 cm³/mol. The number of benzene rings is 5. The lowest BCUT2D eigenvalue weighted by Gasteiger charge is -2.35. The fourth-order valence-corrected chi connectivity index (χ4v) is 13.5. The molecule has 2 unspecified atom stereocenters. The van der Waals surface area contributed by atoms with Crippen LogP contribution in [0.1, 0.15) is 111 Å². The van der Waals surface area contributed by atoms with Gasteiger partial charge in [-0.2, -0.15) is 13.7 Å². The van der Waals surface area contributed by atoms with Crippen molar-refractivity contribution < 1.29 is 13.6 Å². The van der Waals surface area contributed by atoms with E-state index in [-0.39, 0.29) is 6.04 Å². The van der Waals surface area contributed by atoms with Gasteiger partial charge >= 0.3 is 5.82 Å². The van der Waals surface area contributed by atoms with Crippen LogP contribution in [0, 0.1) is 0 Å². The Bertz CT molecular complexity index is 3070. The molecule has 5 heterocycles. The largest absolute Gasteiger partial charge is 0.455 e. The summed E-state index contributed by atoms with van der Waals surface area (Å²) in [6.45, 7) is 22.2. The van der Waals surface area contributed by atoms with Gasteiger partial charge in [0.1, 0.15) is 22.5 Å². The fourth-order valence-electron chi connectivity index (χ4n) is 11.8. The summed E-state index contributed by atoms with van der Waals surface area (Å²) >= 11 is 0. The van der Waals surface area contributed by atoms with Crippen LogP contribution >= 0.6 is 0 Å². The maximum absolute atomic E-state index is 7.10. The number of hydrogen-bond donors (Lipinski definition) is 0. The van der Waals surface area contributed by atoms with Crippen LogP contribution in [0.5, 0.6) is 0 Å². The van der Waals surface area contributed by atoms with Gasteiger partial charge in [-0.05, 0) is 91.3 Å². The van der Waals surface area contributed by atoms with Crippen molar-refractivity contribution in [3.8, 4) is 28.3 Å². The molecule has 0 N–H and O–H groups in total. The third kappa shape index (κ3) is 5.83. The van der Waals surface area contributed by atoms with Crippen molar-refractivity contribution in [2.24, 2.45) is 0 Å². The Morgan fingerprint density at radius 3 is 2.21 bits per heavy atom. The number of para-hydroxylation sites is 4. The molecule has 306 valence electrons.